The Labute approximate surface area is 145 Å². The molecule has 0 aromatic heterocycles. The molecule has 132 valence electrons. The number of fused-ring (bicyclic) bond motifs is 1. The Morgan fingerprint density at radius 1 is 1.33 bits per heavy atom. The van der Waals surface area contributed by atoms with Crippen LogP contribution in [0.2, 0.25) is 0 Å². The van der Waals surface area contributed by atoms with Crippen molar-refractivity contribution in [1.82, 2.24) is 10.2 Å². The average Bonchev–Trinajstić information content (AvgIpc) is 3.06. The van der Waals surface area contributed by atoms with Gasteiger partial charge >= 0.3 is 0 Å². The predicted octanol–water partition coefficient (Wildman–Crippen LogP) is 2.26. The fraction of sp³-hybridized carbons (Fsp3) is 0.632. The van der Waals surface area contributed by atoms with Crippen LogP contribution in [-0.4, -0.2) is 56.2 Å². The van der Waals surface area contributed by atoms with Gasteiger partial charge in [-0.05, 0) is 38.9 Å². The normalized spacial score (nSPS) is 20.8. The number of nitrogens with zero attached hydrogens (tertiary/aromatic N) is 2. The van der Waals surface area contributed by atoms with Crippen LogP contribution in [0.15, 0.2) is 24.3 Å². The van der Waals surface area contributed by atoms with Crippen LogP contribution in [-0.2, 0) is 4.79 Å². The molecule has 1 N–H and O–H groups in total. The van der Waals surface area contributed by atoms with Crippen LogP contribution in [0, 0.1) is 0 Å². The minimum atomic E-state index is 0.0872. The number of carbonyl (C=O) groups is 1. The van der Waals surface area contributed by atoms with E-state index in [0.717, 1.165) is 43.9 Å². The zero-order valence-electron chi connectivity index (χ0n) is 14.8. The molecule has 1 aliphatic carbocycles. The lowest BCUT2D eigenvalue weighted by Crippen LogP contribution is -2.48. The molecule has 24 heavy (non-hydrogen) atoms. The molecule has 1 saturated carbocycles. The Morgan fingerprint density at radius 3 is 2.83 bits per heavy atom. The minimum Gasteiger partial charge on any atom is -0.485 e. The molecule has 2 aliphatic rings. The molecule has 0 unspecified atom stereocenters. The SMILES string of the molecule is CCN1C[C@@H](CN(C)CC(=O)NC2CCCC2)Oc2ccccc21. The van der Waals surface area contributed by atoms with Gasteiger partial charge in [0.25, 0.3) is 0 Å². The second kappa shape index (κ2) is 7.88. The van der Waals surface area contributed by atoms with Crippen LogP contribution < -0.4 is 15.0 Å². The van der Waals surface area contributed by atoms with Crippen molar-refractivity contribution in [3.8, 4) is 5.75 Å². The van der Waals surface area contributed by atoms with Gasteiger partial charge in [-0.2, -0.15) is 0 Å². The zero-order chi connectivity index (χ0) is 16.9. The molecule has 1 atom stereocenters. The van der Waals surface area contributed by atoms with Crippen molar-refractivity contribution in [2.45, 2.75) is 44.8 Å². The first-order chi connectivity index (χ1) is 11.7. The molecule has 0 spiro atoms. The van der Waals surface area contributed by atoms with Crippen molar-refractivity contribution in [3.63, 3.8) is 0 Å². The molecule has 3 rings (SSSR count). The second-order valence-electron chi connectivity index (χ2n) is 6.99. The monoisotopic (exact) mass is 331 g/mol. The number of rotatable bonds is 6. The van der Waals surface area contributed by atoms with Crippen molar-refractivity contribution in [1.29, 1.82) is 0 Å². The highest BCUT2D eigenvalue weighted by Gasteiger charge is 2.26. The molecule has 5 nitrogen and oxygen atoms in total. The van der Waals surface area contributed by atoms with Gasteiger partial charge in [0.15, 0.2) is 0 Å². The standard InChI is InChI=1S/C19H29N3O2/c1-3-22-13-16(24-18-11-7-6-10-17(18)22)12-21(2)14-19(23)20-15-8-4-5-9-15/h6-7,10-11,15-16H,3-5,8-9,12-14H2,1-2H3,(H,20,23)/t16-/m1/s1. The lowest BCUT2D eigenvalue weighted by molar-refractivity contribution is -0.122. The van der Waals surface area contributed by atoms with Crippen LogP contribution in [0.4, 0.5) is 5.69 Å². The number of benzene rings is 1. The molecule has 0 saturated heterocycles. The Hall–Kier alpha value is -1.75. The number of hydrogen-bond donors (Lipinski definition) is 1. The molecular weight excluding hydrogens is 302 g/mol. The Morgan fingerprint density at radius 2 is 2.08 bits per heavy atom. The Kier molecular flexibility index (Phi) is 5.61. The summed E-state index contributed by atoms with van der Waals surface area (Å²) in [5.41, 5.74) is 1.16. The van der Waals surface area contributed by atoms with E-state index in [2.05, 4.69) is 28.1 Å². The van der Waals surface area contributed by atoms with Gasteiger partial charge in [0.2, 0.25) is 5.91 Å². The third-order valence-electron chi connectivity index (χ3n) is 4.95. The van der Waals surface area contributed by atoms with E-state index in [-0.39, 0.29) is 12.0 Å². The summed E-state index contributed by atoms with van der Waals surface area (Å²) in [6, 6.07) is 8.57. The number of hydrogen-bond acceptors (Lipinski definition) is 4. The van der Waals surface area contributed by atoms with E-state index in [1.165, 1.54) is 12.8 Å². The third kappa shape index (κ3) is 4.20. The van der Waals surface area contributed by atoms with Crippen molar-refractivity contribution in [2.24, 2.45) is 0 Å². The maximum atomic E-state index is 12.2. The van der Waals surface area contributed by atoms with Crippen molar-refractivity contribution in [3.05, 3.63) is 24.3 Å². The van der Waals surface area contributed by atoms with Gasteiger partial charge in [-0.15, -0.1) is 0 Å². The summed E-state index contributed by atoms with van der Waals surface area (Å²) in [5, 5.41) is 3.15. The zero-order valence-corrected chi connectivity index (χ0v) is 14.8. The van der Waals surface area contributed by atoms with Crippen LogP contribution in [0.3, 0.4) is 0 Å². The van der Waals surface area contributed by atoms with Crippen molar-refractivity contribution >= 4 is 11.6 Å². The van der Waals surface area contributed by atoms with Crippen LogP contribution in [0.25, 0.3) is 0 Å². The number of anilines is 1. The topological polar surface area (TPSA) is 44.8 Å². The molecule has 1 fully saturated rings. The number of para-hydroxylation sites is 2. The van der Waals surface area contributed by atoms with Gasteiger partial charge in [0.05, 0.1) is 18.8 Å². The molecule has 0 radical (unpaired) electrons. The van der Waals surface area contributed by atoms with E-state index in [4.69, 9.17) is 4.74 Å². The van der Waals surface area contributed by atoms with E-state index >= 15 is 0 Å². The van der Waals surface area contributed by atoms with Gasteiger partial charge in [0.1, 0.15) is 11.9 Å². The van der Waals surface area contributed by atoms with Crippen LogP contribution in [0.1, 0.15) is 32.6 Å². The summed E-state index contributed by atoms with van der Waals surface area (Å²) < 4.78 is 6.13. The molecule has 1 amide bonds. The van der Waals surface area contributed by atoms with Gasteiger partial charge in [-0.1, -0.05) is 25.0 Å². The van der Waals surface area contributed by atoms with Gasteiger partial charge in [-0.25, -0.2) is 0 Å². The smallest absolute Gasteiger partial charge is 0.234 e. The molecule has 1 aliphatic heterocycles. The predicted molar refractivity (Wildman–Crippen MR) is 96.6 cm³/mol. The number of carbonyl (C=O) groups excluding carboxylic acids is 1. The summed E-state index contributed by atoms with van der Waals surface area (Å²) in [6.45, 7) is 5.18. The molecule has 0 bridgehead atoms. The van der Waals surface area contributed by atoms with Gasteiger partial charge in [0, 0.05) is 19.1 Å². The summed E-state index contributed by atoms with van der Waals surface area (Å²) in [7, 11) is 1.99. The summed E-state index contributed by atoms with van der Waals surface area (Å²) in [4.78, 5) is 16.6. The lowest BCUT2D eigenvalue weighted by atomic mass is 10.2. The maximum absolute atomic E-state index is 12.2. The largest absolute Gasteiger partial charge is 0.485 e. The first-order valence-corrected chi connectivity index (χ1v) is 9.14. The number of likely N-dealkylation sites (N-methyl/N-ethyl adjacent to an activating group) is 2. The number of nitrogens with one attached hydrogen (secondary N) is 1. The van der Waals surface area contributed by atoms with Crippen molar-refractivity contribution < 1.29 is 9.53 Å². The first kappa shape index (κ1) is 17.1. The number of amides is 1. The highest BCUT2D eigenvalue weighted by Crippen LogP contribution is 2.32. The van der Waals surface area contributed by atoms with E-state index < -0.39 is 0 Å². The molecular formula is C19H29N3O2. The van der Waals surface area contributed by atoms with E-state index in [1.807, 2.05) is 25.2 Å². The highest BCUT2D eigenvalue weighted by molar-refractivity contribution is 5.78. The van der Waals surface area contributed by atoms with Gasteiger partial charge < -0.3 is 15.0 Å². The quantitative estimate of drug-likeness (QED) is 0.868. The maximum Gasteiger partial charge on any atom is 0.234 e. The van der Waals surface area contributed by atoms with E-state index in [9.17, 15) is 4.79 Å². The highest BCUT2D eigenvalue weighted by atomic mass is 16.5. The minimum absolute atomic E-state index is 0.0872. The number of ether oxygens (including phenoxy) is 1. The third-order valence-corrected chi connectivity index (χ3v) is 4.95. The first-order valence-electron chi connectivity index (χ1n) is 9.14. The van der Waals surface area contributed by atoms with Crippen LogP contribution >= 0.6 is 0 Å². The van der Waals surface area contributed by atoms with Crippen LogP contribution in [0.5, 0.6) is 5.75 Å². The summed E-state index contributed by atoms with van der Waals surface area (Å²) in [5.74, 6) is 1.08. The van der Waals surface area contributed by atoms with Gasteiger partial charge in [-0.3, -0.25) is 9.69 Å². The van der Waals surface area contributed by atoms with Crippen molar-refractivity contribution in [2.75, 3.05) is 38.1 Å². The Bertz CT molecular complexity index is 557. The average molecular weight is 331 g/mol. The molecule has 1 aromatic rings. The molecule has 1 heterocycles. The molecule has 5 heteroatoms. The van der Waals surface area contributed by atoms with E-state index in [1.54, 1.807) is 0 Å². The second-order valence-corrected chi connectivity index (χ2v) is 6.99. The summed E-state index contributed by atoms with van der Waals surface area (Å²) in [6.07, 6.45) is 4.82. The van der Waals surface area contributed by atoms with E-state index in [0.29, 0.717) is 12.6 Å². The fourth-order valence-electron chi connectivity index (χ4n) is 3.77. The summed E-state index contributed by atoms with van der Waals surface area (Å²) >= 11 is 0. The Balaban J connectivity index is 1.51. The molecule has 1 aromatic carbocycles. The fourth-order valence-corrected chi connectivity index (χ4v) is 3.77. The lowest BCUT2D eigenvalue weighted by Gasteiger charge is -2.37.